The molecule has 30 heavy (non-hydrogen) atoms. The Labute approximate surface area is 174 Å². The Balaban J connectivity index is 1.63. The van der Waals surface area contributed by atoms with Crippen molar-refractivity contribution in [1.82, 2.24) is 4.31 Å². The Kier molecular flexibility index (Phi) is 5.20. The maximum absolute atomic E-state index is 12.8. The number of nitrogens with zero attached hydrogens (tertiary/aromatic N) is 1. The Morgan fingerprint density at radius 1 is 0.933 bits per heavy atom. The van der Waals surface area contributed by atoms with E-state index in [1.165, 1.54) is 47.6 Å². The minimum Gasteiger partial charge on any atom is -0.454 e. The highest BCUT2D eigenvalue weighted by Gasteiger charge is 2.28. The van der Waals surface area contributed by atoms with Crippen LogP contribution in [-0.4, -0.2) is 46.8 Å². The van der Waals surface area contributed by atoms with E-state index < -0.39 is 20.0 Å². The summed E-state index contributed by atoms with van der Waals surface area (Å²) in [4.78, 5) is 11.9. The van der Waals surface area contributed by atoms with E-state index in [2.05, 4.69) is 4.72 Å². The highest BCUT2D eigenvalue weighted by atomic mass is 32.2. The van der Waals surface area contributed by atoms with E-state index in [1.807, 2.05) is 0 Å². The SMILES string of the molecule is CC(=O)c1cc2c(cc1NS(=O)(=O)c1ccc(S(=O)(=O)N3CCCC3)cc1)OCO2. The monoisotopic (exact) mass is 452 g/mol. The second-order valence-electron chi connectivity index (χ2n) is 7.00. The highest BCUT2D eigenvalue weighted by Crippen LogP contribution is 2.38. The summed E-state index contributed by atoms with van der Waals surface area (Å²) < 4.78 is 65.2. The Bertz CT molecular complexity index is 1200. The van der Waals surface area contributed by atoms with E-state index >= 15 is 0 Å². The van der Waals surface area contributed by atoms with Crippen molar-refractivity contribution in [2.45, 2.75) is 29.6 Å². The second kappa shape index (κ2) is 7.56. The number of sulfonamides is 2. The van der Waals surface area contributed by atoms with Crippen molar-refractivity contribution < 1.29 is 31.1 Å². The fourth-order valence-corrected chi connectivity index (χ4v) is 5.98. The molecule has 9 nitrogen and oxygen atoms in total. The van der Waals surface area contributed by atoms with Crippen molar-refractivity contribution in [2.24, 2.45) is 0 Å². The lowest BCUT2D eigenvalue weighted by molar-refractivity contribution is 0.101. The second-order valence-corrected chi connectivity index (χ2v) is 10.6. The molecule has 2 aliphatic heterocycles. The summed E-state index contributed by atoms with van der Waals surface area (Å²) in [5, 5.41) is 0. The molecule has 0 atom stereocenters. The molecule has 1 N–H and O–H groups in total. The van der Waals surface area contributed by atoms with Gasteiger partial charge in [-0.1, -0.05) is 0 Å². The van der Waals surface area contributed by atoms with Crippen LogP contribution in [0.5, 0.6) is 11.5 Å². The highest BCUT2D eigenvalue weighted by molar-refractivity contribution is 7.92. The van der Waals surface area contributed by atoms with Crippen LogP contribution >= 0.6 is 0 Å². The van der Waals surface area contributed by atoms with Crippen LogP contribution in [0, 0.1) is 0 Å². The van der Waals surface area contributed by atoms with Crippen LogP contribution in [0.1, 0.15) is 30.1 Å². The van der Waals surface area contributed by atoms with Gasteiger partial charge in [0.05, 0.1) is 15.5 Å². The van der Waals surface area contributed by atoms with Gasteiger partial charge in [0.2, 0.25) is 16.8 Å². The lowest BCUT2D eigenvalue weighted by Gasteiger charge is -2.16. The van der Waals surface area contributed by atoms with E-state index in [4.69, 9.17) is 9.47 Å². The molecular formula is C19H20N2O7S2. The average Bonchev–Trinajstić information content (AvgIpc) is 3.39. The van der Waals surface area contributed by atoms with Crippen LogP contribution < -0.4 is 14.2 Å². The number of anilines is 1. The van der Waals surface area contributed by atoms with Crippen LogP contribution in [0.3, 0.4) is 0 Å². The first-order valence-corrected chi connectivity index (χ1v) is 12.2. The molecular weight excluding hydrogens is 432 g/mol. The van der Waals surface area contributed by atoms with Gasteiger partial charge < -0.3 is 9.47 Å². The summed E-state index contributed by atoms with van der Waals surface area (Å²) in [7, 11) is -7.72. The summed E-state index contributed by atoms with van der Waals surface area (Å²) in [6.45, 7) is 2.22. The molecule has 0 radical (unpaired) electrons. The fraction of sp³-hybridized carbons (Fsp3) is 0.316. The molecule has 0 aromatic heterocycles. The minimum absolute atomic E-state index is 0.0180. The molecule has 2 aliphatic rings. The van der Waals surface area contributed by atoms with Gasteiger partial charge in [0.1, 0.15) is 0 Å². The summed E-state index contributed by atoms with van der Waals surface area (Å²) in [6, 6.07) is 7.82. The molecule has 0 bridgehead atoms. The van der Waals surface area contributed by atoms with Gasteiger partial charge in [-0.3, -0.25) is 9.52 Å². The summed E-state index contributed by atoms with van der Waals surface area (Å²) in [6.07, 6.45) is 1.62. The number of rotatable bonds is 6. The molecule has 1 fully saturated rings. The van der Waals surface area contributed by atoms with Crippen LogP contribution in [0.2, 0.25) is 0 Å². The van der Waals surface area contributed by atoms with Crippen LogP contribution in [0.15, 0.2) is 46.2 Å². The van der Waals surface area contributed by atoms with Crippen molar-refractivity contribution in [1.29, 1.82) is 0 Å². The number of ether oxygens (including phenoxy) is 2. The van der Waals surface area contributed by atoms with Crippen LogP contribution in [0.4, 0.5) is 5.69 Å². The van der Waals surface area contributed by atoms with Crippen molar-refractivity contribution in [3.05, 3.63) is 42.0 Å². The zero-order chi connectivity index (χ0) is 21.5. The molecule has 0 saturated carbocycles. The van der Waals surface area contributed by atoms with Crippen molar-refractivity contribution >= 4 is 31.5 Å². The molecule has 0 amide bonds. The smallest absolute Gasteiger partial charge is 0.261 e. The number of carbonyl (C=O) groups is 1. The average molecular weight is 453 g/mol. The maximum Gasteiger partial charge on any atom is 0.261 e. The third kappa shape index (κ3) is 3.75. The molecule has 0 aliphatic carbocycles. The van der Waals surface area contributed by atoms with Crippen molar-refractivity contribution in [3.8, 4) is 11.5 Å². The number of fused-ring (bicyclic) bond motifs is 1. The molecule has 160 valence electrons. The van der Waals surface area contributed by atoms with Gasteiger partial charge in [0.15, 0.2) is 17.3 Å². The third-order valence-corrected chi connectivity index (χ3v) is 8.27. The Morgan fingerprint density at radius 3 is 2.10 bits per heavy atom. The number of nitrogens with one attached hydrogen (secondary N) is 1. The molecule has 2 heterocycles. The maximum atomic E-state index is 12.8. The molecule has 2 aromatic rings. The van der Waals surface area contributed by atoms with Gasteiger partial charge in [-0.25, -0.2) is 16.8 Å². The molecule has 0 spiro atoms. The van der Waals surface area contributed by atoms with Gasteiger partial charge in [-0.05, 0) is 50.1 Å². The predicted molar refractivity (Wildman–Crippen MR) is 108 cm³/mol. The molecule has 2 aromatic carbocycles. The molecule has 1 saturated heterocycles. The quantitative estimate of drug-likeness (QED) is 0.667. The number of benzene rings is 2. The summed E-state index contributed by atoms with van der Waals surface area (Å²) >= 11 is 0. The lowest BCUT2D eigenvalue weighted by atomic mass is 10.1. The van der Waals surface area contributed by atoms with Crippen molar-refractivity contribution in [2.75, 3.05) is 24.6 Å². The summed E-state index contributed by atoms with van der Waals surface area (Å²) in [5.74, 6) is 0.336. The van der Waals surface area contributed by atoms with Gasteiger partial charge in [-0.15, -0.1) is 0 Å². The van der Waals surface area contributed by atoms with E-state index in [1.54, 1.807) is 0 Å². The lowest BCUT2D eigenvalue weighted by Crippen LogP contribution is -2.27. The zero-order valence-electron chi connectivity index (χ0n) is 16.1. The first-order valence-electron chi connectivity index (χ1n) is 9.26. The zero-order valence-corrected chi connectivity index (χ0v) is 17.8. The largest absolute Gasteiger partial charge is 0.454 e. The van der Waals surface area contributed by atoms with Gasteiger partial charge in [-0.2, -0.15) is 4.31 Å². The van der Waals surface area contributed by atoms with Gasteiger partial charge in [0, 0.05) is 24.7 Å². The standard InChI is InChI=1S/C19H20N2O7S2/c1-13(22)16-10-18-19(28-12-27-18)11-17(16)20-29(23,24)14-4-6-15(7-5-14)30(25,26)21-8-2-3-9-21/h4-7,10-11,20H,2-3,8-9,12H2,1H3. The molecule has 0 unspecified atom stereocenters. The topological polar surface area (TPSA) is 119 Å². The van der Waals surface area contributed by atoms with Crippen LogP contribution in [0.25, 0.3) is 0 Å². The van der Waals surface area contributed by atoms with Gasteiger partial charge >= 0.3 is 0 Å². The van der Waals surface area contributed by atoms with Crippen LogP contribution in [-0.2, 0) is 20.0 Å². The Morgan fingerprint density at radius 2 is 1.50 bits per heavy atom. The van der Waals surface area contributed by atoms with Crippen molar-refractivity contribution in [3.63, 3.8) is 0 Å². The fourth-order valence-electron chi connectivity index (χ4n) is 3.39. The number of Topliss-reactive ketones (excluding diaryl/α,β-unsaturated/α-hetero) is 1. The number of hydrogen-bond donors (Lipinski definition) is 1. The van der Waals surface area contributed by atoms with E-state index in [0.717, 1.165) is 12.8 Å². The normalized spacial score (nSPS) is 16.6. The van der Waals surface area contributed by atoms with E-state index in [9.17, 15) is 21.6 Å². The number of ketones is 1. The summed E-state index contributed by atoms with van der Waals surface area (Å²) in [5.41, 5.74) is 0.191. The van der Waals surface area contributed by atoms with Gasteiger partial charge in [0.25, 0.3) is 10.0 Å². The number of hydrogen-bond acceptors (Lipinski definition) is 7. The minimum atomic E-state index is -4.08. The van der Waals surface area contributed by atoms with E-state index in [-0.39, 0.29) is 33.6 Å². The predicted octanol–water partition coefficient (Wildman–Crippen LogP) is 2.20. The Hall–Kier alpha value is -2.63. The molecule has 4 rings (SSSR count). The number of carbonyl (C=O) groups excluding carboxylic acids is 1. The third-order valence-electron chi connectivity index (χ3n) is 4.97. The van der Waals surface area contributed by atoms with E-state index in [0.29, 0.717) is 24.6 Å². The first-order chi connectivity index (χ1) is 14.2. The first kappa shape index (κ1) is 20.6. The molecule has 11 heteroatoms.